The monoisotopic (exact) mass is 865 g/mol. The van der Waals surface area contributed by atoms with Crippen LogP contribution < -0.4 is 16.0 Å². The fourth-order valence-corrected chi connectivity index (χ4v) is 4.81. The topological polar surface area (TPSA) is 87.3 Å². The zero-order valence-electron chi connectivity index (χ0n) is 32.3. The zero-order chi connectivity index (χ0) is 44.2. The second kappa shape index (κ2) is 18.3. The maximum atomic E-state index is 12.9. The van der Waals surface area contributed by atoms with Crippen molar-refractivity contribution in [2.24, 2.45) is 16.2 Å². The molecular weight excluding hydrogens is 824 g/mol. The van der Waals surface area contributed by atoms with Gasteiger partial charge in [0.25, 0.3) is 0 Å². The fraction of sp³-hybridized carbons (Fsp3) is 0.447. The number of carbonyl (C=O) groups is 3. The molecule has 3 aromatic carbocycles. The molecule has 0 saturated heterocycles. The second-order valence-electron chi connectivity index (χ2n) is 15.5. The van der Waals surface area contributed by atoms with Crippen LogP contribution in [0.2, 0.25) is 15.1 Å². The van der Waals surface area contributed by atoms with Gasteiger partial charge in [-0.2, -0.15) is 39.5 Å². The number of amides is 3. The summed E-state index contributed by atoms with van der Waals surface area (Å²) < 4.78 is 115. The standard InChI is InChI=1S/2C13H15ClF3NO.C12H13ClF3NO/c1-7-5-9(14)8(13(15,16)17)6-10(7)18-11(19)12(2,3)4;1-7-9(18-11(19)12(2,3)4)6-5-8(14)10(7)13(15,16)17;1-11(2,3)10(18)17-7-4-5-9(13)8(6-7)12(14,15)16/h2*5-6H,1-4H3,(H,18,19);4-6H,1-3H3,(H,17,18). The van der Waals surface area contributed by atoms with Gasteiger partial charge in [0.05, 0.1) is 31.8 Å². The highest BCUT2D eigenvalue weighted by Gasteiger charge is 2.37. The Kier molecular flexibility index (Phi) is 16.4. The lowest BCUT2D eigenvalue weighted by molar-refractivity contribution is -0.138. The van der Waals surface area contributed by atoms with Gasteiger partial charge in [0.1, 0.15) is 0 Å². The molecule has 18 heteroatoms. The lowest BCUT2D eigenvalue weighted by atomic mass is 9.95. The molecule has 312 valence electrons. The number of nitrogens with one attached hydrogen (secondary N) is 3. The molecule has 0 aliphatic carbocycles. The molecule has 3 aromatic rings. The van der Waals surface area contributed by atoms with Gasteiger partial charge < -0.3 is 16.0 Å². The van der Waals surface area contributed by atoms with Crippen LogP contribution in [0, 0.1) is 30.1 Å². The van der Waals surface area contributed by atoms with E-state index in [0.29, 0.717) is 5.56 Å². The maximum Gasteiger partial charge on any atom is 0.418 e. The molecule has 0 aliphatic heterocycles. The van der Waals surface area contributed by atoms with Gasteiger partial charge in [-0.1, -0.05) is 97.1 Å². The average Bonchev–Trinajstić information content (AvgIpc) is 2.98. The van der Waals surface area contributed by atoms with Crippen LogP contribution >= 0.6 is 34.8 Å². The lowest BCUT2D eigenvalue weighted by Crippen LogP contribution is -2.28. The second-order valence-corrected chi connectivity index (χ2v) is 16.8. The van der Waals surface area contributed by atoms with Gasteiger partial charge in [0, 0.05) is 33.3 Å². The Bertz CT molecular complexity index is 1880. The first-order valence-electron chi connectivity index (χ1n) is 16.4. The quantitative estimate of drug-likeness (QED) is 0.229. The molecule has 3 rings (SSSR count). The normalized spacial score (nSPS) is 12.4. The Morgan fingerprint density at radius 2 is 0.875 bits per heavy atom. The van der Waals surface area contributed by atoms with E-state index < -0.39 is 56.5 Å². The first-order chi connectivity index (χ1) is 24.9. The molecule has 0 bridgehead atoms. The number of aryl methyl sites for hydroxylation is 1. The van der Waals surface area contributed by atoms with E-state index in [1.807, 2.05) is 0 Å². The van der Waals surface area contributed by atoms with E-state index in [1.165, 1.54) is 25.1 Å². The van der Waals surface area contributed by atoms with Crippen molar-refractivity contribution in [2.45, 2.75) is 94.7 Å². The van der Waals surface area contributed by atoms with E-state index in [2.05, 4.69) is 16.0 Å². The molecule has 0 aliphatic rings. The minimum atomic E-state index is -4.55. The number of hydrogen-bond acceptors (Lipinski definition) is 3. The summed E-state index contributed by atoms with van der Waals surface area (Å²) in [6.07, 6.45) is -13.6. The van der Waals surface area contributed by atoms with Crippen molar-refractivity contribution < 1.29 is 53.9 Å². The number of alkyl halides is 9. The Labute approximate surface area is 334 Å². The summed E-state index contributed by atoms with van der Waals surface area (Å²) in [6, 6.07) is 7.84. The van der Waals surface area contributed by atoms with Gasteiger partial charge >= 0.3 is 18.5 Å². The number of rotatable bonds is 3. The molecule has 0 aromatic heterocycles. The largest absolute Gasteiger partial charge is 0.418 e. The van der Waals surface area contributed by atoms with E-state index in [9.17, 15) is 53.9 Å². The Balaban J connectivity index is 0.000000420. The molecule has 3 N–H and O–H groups in total. The van der Waals surface area contributed by atoms with E-state index in [-0.39, 0.29) is 50.4 Å². The van der Waals surface area contributed by atoms with Crippen molar-refractivity contribution in [2.75, 3.05) is 16.0 Å². The molecule has 3 amide bonds. The van der Waals surface area contributed by atoms with E-state index >= 15 is 0 Å². The molecule has 0 heterocycles. The van der Waals surface area contributed by atoms with Crippen LogP contribution in [-0.2, 0) is 32.9 Å². The minimum absolute atomic E-state index is 0.0756. The number of halogens is 12. The summed E-state index contributed by atoms with van der Waals surface area (Å²) >= 11 is 16.6. The van der Waals surface area contributed by atoms with E-state index in [4.69, 9.17) is 34.8 Å². The molecule has 0 atom stereocenters. The number of hydrogen-bond donors (Lipinski definition) is 3. The smallest absolute Gasteiger partial charge is 0.326 e. The van der Waals surface area contributed by atoms with Gasteiger partial charge in [-0.15, -0.1) is 0 Å². The predicted molar refractivity (Wildman–Crippen MR) is 203 cm³/mol. The summed E-state index contributed by atoms with van der Waals surface area (Å²) in [6.45, 7) is 18.0. The predicted octanol–water partition coefficient (Wildman–Crippen LogP) is 13.6. The average molecular weight is 867 g/mol. The maximum absolute atomic E-state index is 12.9. The fourth-order valence-electron chi connectivity index (χ4n) is 3.95. The summed E-state index contributed by atoms with van der Waals surface area (Å²) in [5.74, 6) is -1.07. The highest BCUT2D eigenvalue weighted by atomic mass is 35.5. The molecule has 0 unspecified atom stereocenters. The van der Waals surface area contributed by atoms with Crippen molar-refractivity contribution in [3.8, 4) is 0 Å². The Morgan fingerprint density at radius 1 is 0.482 bits per heavy atom. The van der Waals surface area contributed by atoms with Crippen LogP contribution in [0.3, 0.4) is 0 Å². The van der Waals surface area contributed by atoms with Crippen LogP contribution in [0.25, 0.3) is 0 Å². The highest BCUT2D eigenvalue weighted by Crippen LogP contribution is 2.41. The van der Waals surface area contributed by atoms with E-state index in [1.54, 1.807) is 69.2 Å². The Hall–Kier alpha value is -3.69. The zero-order valence-corrected chi connectivity index (χ0v) is 34.6. The van der Waals surface area contributed by atoms with Crippen molar-refractivity contribution >= 4 is 69.6 Å². The van der Waals surface area contributed by atoms with Gasteiger partial charge in [-0.25, -0.2) is 0 Å². The molecule has 0 spiro atoms. The molecule has 0 fully saturated rings. The Morgan fingerprint density at radius 3 is 1.29 bits per heavy atom. The molecule has 0 saturated carbocycles. The van der Waals surface area contributed by atoms with Crippen LogP contribution in [0.5, 0.6) is 0 Å². The summed E-state index contributed by atoms with van der Waals surface area (Å²) in [7, 11) is 0. The van der Waals surface area contributed by atoms with Crippen molar-refractivity contribution in [3.63, 3.8) is 0 Å². The third kappa shape index (κ3) is 15.0. The van der Waals surface area contributed by atoms with Gasteiger partial charge in [0.15, 0.2) is 0 Å². The lowest BCUT2D eigenvalue weighted by Gasteiger charge is -2.21. The first kappa shape index (κ1) is 50.3. The number of anilines is 3. The summed E-state index contributed by atoms with van der Waals surface area (Å²) in [5.41, 5.74) is -4.18. The molecule has 0 radical (unpaired) electrons. The first-order valence-corrected chi connectivity index (χ1v) is 17.6. The minimum Gasteiger partial charge on any atom is -0.326 e. The van der Waals surface area contributed by atoms with Gasteiger partial charge in [-0.3, -0.25) is 14.4 Å². The van der Waals surface area contributed by atoms with Crippen LogP contribution in [0.15, 0.2) is 42.5 Å². The summed E-state index contributed by atoms with van der Waals surface area (Å²) in [5, 5.41) is 6.26. The summed E-state index contributed by atoms with van der Waals surface area (Å²) in [4.78, 5) is 35.3. The highest BCUT2D eigenvalue weighted by molar-refractivity contribution is 6.32. The van der Waals surface area contributed by atoms with Crippen LogP contribution in [0.4, 0.5) is 56.6 Å². The van der Waals surface area contributed by atoms with Gasteiger partial charge in [0.2, 0.25) is 17.7 Å². The number of benzene rings is 3. The van der Waals surface area contributed by atoms with Crippen LogP contribution in [0.1, 0.15) is 90.1 Å². The molecule has 6 nitrogen and oxygen atoms in total. The van der Waals surface area contributed by atoms with Crippen molar-refractivity contribution in [1.82, 2.24) is 0 Å². The molecule has 56 heavy (non-hydrogen) atoms. The third-order valence-corrected chi connectivity index (χ3v) is 8.34. The van der Waals surface area contributed by atoms with Gasteiger partial charge in [-0.05, 0) is 67.4 Å². The van der Waals surface area contributed by atoms with Crippen molar-refractivity contribution in [3.05, 3.63) is 85.3 Å². The number of carbonyl (C=O) groups excluding carboxylic acids is 3. The SMILES string of the molecule is CC(C)(C)C(=O)Nc1ccc(Cl)c(C(F)(F)F)c1.Cc1c(NC(=O)C(C)(C)C)ccc(Cl)c1C(F)(F)F.Cc1cc(Cl)c(C(F)(F)F)cc1NC(=O)C(C)(C)C. The van der Waals surface area contributed by atoms with E-state index in [0.717, 1.165) is 24.3 Å². The van der Waals surface area contributed by atoms with Crippen LogP contribution in [-0.4, -0.2) is 17.7 Å². The molecular formula is C38H43Cl3F9N3O3. The third-order valence-electron chi connectivity index (χ3n) is 7.39. The van der Waals surface area contributed by atoms with Crippen molar-refractivity contribution in [1.29, 1.82) is 0 Å².